The zero-order valence-corrected chi connectivity index (χ0v) is 36.1. The maximum absolute atomic E-state index is 13.2. The third-order valence-corrected chi connectivity index (χ3v) is 12.0. The van der Waals surface area contributed by atoms with Gasteiger partial charge in [0.15, 0.2) is 0 Å². The molecule has 8 atom stereocenters. The minimum atomic E-state index is -1.16. The molecular formula is C37H64N10O10S2. The van der Waals surface area contributed by atoms with Crippen molar-refractivity contribution in [1.29, 1.82) is 0 Å². The van der Waals surface area contributed by atoms with E-state index in [0.717, 1.165) is 25.0 Å². The molecule has 2 aliphatic heterocycles. The van der Waals surface area contributed by atoms with Crippen LogP contribution >= 0.6 is 24.4 Å². The number of fused-ring (bicyclic) bond motifs is 1. The summed E-state index contributed by atoms with van der Waals surface area (Å²) in [6.45, 7) is 6.57. The summed E-state index contributed by atoms with van der Waals surface area (Å²) in [7, 11) is 0. The normalized spacial score (nSPS) is 19.4. The molecule has 22 heteroatoms. The summed E-state index contributed by atoms with van der Waals surface area (Å²) in [5.41, 5.74) is 6.98. The Hall–Kier alpha value is -4.31. The summed E-state index contributed by atoms with van der Waals surface area (Å²) in [6, 6.07) is -3.08. The van der Waals surface area contributed by atoms with Gasteiger partial charge in [-0.05, 0) is 50.4 Å². The molecule has 0 spiro atoms. The molecule has 59 heavy (non-hydrogen) atoms. The number of urea groups is 1. The number of carbonyl (C=O) groups excluding carboxylic acids is 9. The summed E-state index contributed by atoms with van der Waals surface area (Å²) in [5, 5.41) is 30.5. The highest BCUT2D eigenvalue weighted by atomic mass is 32.2. The maximum atomic E-state index is 13.2. The van der Waals surface area contributed by atoms with E-state index in [-0.39, 0.29) is 48.5 Å². The third-order valence-electron chi connectivity index (χ3n) is 10.2. The topological polar surface area (TPSA) is 308 Å². The van der Waals surface area contributed by atoms with Crippen molar-refractivity contribution in [3.8, 4) is 0 Å². The Balaban J connectivity index is 1.71. The Kier molecular flexibility index (Phi) is 23.0. The molecule has 0 aromatic rings. The maximum Gasteiger partial charge on any atom is 0.315 e. The van der Waals surface area contributed by atoms with E-state index in [2.05, 4.69) is 55.2 Å². The molecule has 2 heterocycles. The molecule has 0 radical (unpaired) electrons. The Bertz CT molecular complexity index is 1470. The van der Waals surface area contributed by atoms with Crippen LogP contribution in [0.3, 0.4) is 0 Å². The molecule has 0 aromatic carbocycles. The van der Waals surface area contributed by atoms with Crippen LogP contribution in [-0.2, 0) is 38.4 Å². The van der Waals surface area contributed by atoms with Gasteiger partial charge in [0.25, 0.3) is 0 Å². The number of amides is 10. The minimum Gasteiger partial charge on any atom is -0.368 e. The smallest absolute Gasteiger partial charge is 0.315 e. The standard InChI is InChI=1S/C37H64N10O10S2/c1-5-21(4)31(45-35(54)24(18-58)43-34(53)22(14-20(2)3)15-28(49)47-57)36(55)41-16-29(50)40-17-30(51)42-23(33(38)52)10-8-9-13-39-27(48)12-7-6-11-26-32-25(19-59-26)44-37(56)46-32/h20-26,31-32,57-58H,5-19H2,1-4H3,(H2,38,52)(H,39,48)(H,40,50)(H,41,55)(H,42,51)(H,43,53)(H,45,54)(H,47,49)(H2,44,46,56)/t21-,22?,23-,24-,25-,26-,31-,32-/m0/s1. The summed E-state index contributed by atoms with van der Waals surface area (Å²) in [4.78, 5) is 112. The zero-order valence-electron chi connectivity index (χ0n) is 34.4. The van der Waals surface area contributed by atoms with Crippen molar-refractivity contribution in [2.24, 2.45) is 23.5 Å². The fourth-order valence-corrected chi connectivity index (χ4v) is 8.48. The zero-order chi connectivity index (χ0) is 44.1. The number of hydroxylamine groups is 1. The van der Waals surface area contributed by atoms with E-state index >= 15 is 0 Å². The molecule has 0 saturated carbocycles. The van der Waals surface area contributed by atoms with Crippen LogP contribution < -0.4 is 53.7 Å². The van der Waals surface area contributed by atoms with Crippen LogP contribution in [0.4, 0.5) is 4.79 Å². The molecular weight excluding hydrogens is 809 g/mol. The molecule has 334 valence electrons. The number of nitrogens with two attached hydrogens (primary N) is 1. The van der Waals surface area contributed by atoms with Gasteiger partial charge in [-0.1, -0.05) is 40.5 Å². The molecule has 2 rings (SSSR count). The van der Waals surface area contributed by atoms with Gasteiger partial charge in [0, 0.05) is 42.1 Å². The Morgan fingerprint density at radius 1 is 0.831 bits per heavy atom. The summed E-state index contributed by atoms with van der Waals surface area (Å²) >= 11 is 6.01. The number of hydrogen-bond acceptors (Lipinski definition) is 12. The number of thiol groups is 1. The second-order valence-electron chi connectivity index (χ2n) is 15.4. The van der Waals surface area contributed by atoms with Gasteiger partial charge in [0.05, 0.1) is 25.2 Å². The number of thioether (sulfide) groups is 1. The van der Waals surface area contributed by atoms with Crippen LogP contribution in [-0.4, -0.2) is 125 Å². The van der Waals surface area contributed by atoms with E-state index in [1.807, 2.05) is 25.6 Å². The van der Waals surface area contributed by atoms with Gasteiger partial charge in [-0.3, -0.25) is 43.6 Å². The lowest BCUT2D eigenvalue weighted by Crippen LogP contribution is -2.57. The first-order valence-electron chi connectivity index (χ1n) is 20.2. The van der Waals surface area contributed by atoms with Crippen molar-refractivity contribution in [2.75, 3.05) is 31.1 Å². The van der Waals surface area contributed by atoms with Crippen molar-refractivity contribution in [3.63, 3.8) is 0 Å². The average Bonchev–Trinajstić information content (AvgIpc) is 3.75. The largest absolute Gasteiger partial charge is 0.368 e. The molecule has 20 nitrogen and oxygen atoms in total. The van der Waals surface area contributed by atoms with Crippen molar-refractivity contribution in [1.82, 2.24) is 48.0 Å². The van der Waals surface area contributed by atoms with Gasteiger partial charge in [-0.25, -0.2) is 10.3 Å². The molecule has 0 bridgehead atoms. The average molecular weight is 873 g/mol. The molecule has 2 saturated heterocycles. The molecule has 1 unspecified atom stereocenters. The van der Waals surface area contributed by atoms with Crippen LogP contribution in [0, 0.1) is 17.8 Å². The first kappa shape index (κ1) is 50.8. The lowest BCUT2D eigenvalue weighted by molar-refractivity contribution is -0.137. The molecule has 0 aromatic heterocycles. The highest BCUT2D eigenvalue weighted by Gasteiger charge is 2.42. The lowest BCUT2D eigenvalue weighted by Gasteiger charge is -2.27. The second kappa shape index (κ2) is 26.7. The number of nitrogens with one attached hydrogen (secondary N) is 9. The molecule has 2 fully saturated rings. The monoisotopic (exact) mass is 872 g/mol. The number of hydrogen-bond donors (Lipinski definition) is 12. The van der Waals surface area contributed by atoms with Gasteiger partial charge in [0.1, 0.15) is 18.1 Å². The van der Waals surface area contributed by atoms with Crippen LogP contribution in [0.25, 0.3) is 0 Å². The molecule has 10 amide bonds. The highest BCUT2D eigenvalue weighted by molar-refractivity contribution is 8.00. The van der Waals surface area contributed by atoms with E-state index in [1.54, 1.807) is 13.8 Å². The quantitative estimate of drug-likeness (QED) is 0.0144. The predicted molar refractivity (Wildman–Crippen MR) is 223 cm³/mol. The fraction of sp³-hybridized carbons (Fsp3) is 0.757. The van der Waals surface area contributed by atoms with Crippen molar-refractivity contribution in [2.45, 2.75) is 127 Å². The van der Waals surface area contributed by atoms with Gasteiger partial charge in [0.2, 0.25) is 47.3 Å². The van der Waals surface area contributed by atoms with E-state index in [4.69, 9.17) is 10.9 Å². The summed E-state index contributed by atoms with van der Waals surface area (Å²) < 4.78 is 0. The van der Waals surface area contributed by atoms with Crippen LogP contribution in [0.5, 0.6) is 0 Å². The first-order valence-corrected chi connectivity index (χ1v) is 21.9. The van der Waals surface area contributed by atoms with E-state index in [1.165, 1.54) is 5.48 Å². The predicted octanol–water partition coefficient (Wildman–Crippen LogP) is -1.30. The summed E-state index contributed by atoms with van der Waals surface area (Å²) in [5.74, 6) is -5.42. The van der Waals surface area contributed by atoms with Crippen molar-refractivity contribution in [3.05, 3.63) is 0 Å². The molecule has 12 N–H and O–H groups in total. The number of rotatable bonds is 28. The third kappa shape index (κ3) is 18.7. The van der Waals surface area contributed by atoms with Crippen LogP contribution in [0.15, 0.2) is 0 Å². The van der Waals surface area contributed by atoms with Gasteiger partial charge < -0.3 is 48.3 Å². The molecule has 2 aliphatic rings. The van der Waals surface area contributed by atoms with Crippen molar-refractivity contribution >= 4 is 77.7 Å². The van der Waals surface area contributed by atoms with E-state index in [9.17, 15) is 43.2 Å². The number of carbonyl (C=O) groups is 9. The Labute approximate surface area is 355 Å². The van der Waals surface area contributed by atoms with Crippen LogP contribution in [0.2, 0.25) is 0 Å². The highest BCUT2D eigenvalue weighted by Crippen LogP contribution is 2.33. The Morgan fingerprint density at radius 3 is 2.19 bits per heavy atom. The molecule has 0 aliphatic carbocycles. The lowest BCUT2D eigenvalue weighted by atomic mass is 9.92. The second-order valence-corrected chi connectivity index (χ2v) is 17.0. The number of primary amides is 1. The first-order chi connectivity index (χ1) is 28.0. The van der Waals surface area contributed by atoms with E-state index < -0.39 is 84.4 Å². The fourth-order valence-electron chi connectivity index (χ4n) is 6.67. The SMILES string of the molecule is CC[C@H](C)[C@H](NC(=O)[C@H](CS)NC(=O)C(CC(=O)NO)CC(C)C)C(=O)NCC(=O)NCC(=O)N[C@@H](CCCCNC(=O)CCCC[C@@H]1SC[C@@H]2NC(=O)N[C@@H]21)C(N)=O. The summed E-state index contributed by atoms with van der Waals surface area (Å²) in [6.07, 6.45) is 4.61. The van der Waals surface area contributed by atoms with Gasteiger partial charge >= 0.3 is 6.03 Å². The minimum absolute atomic E-state index is 0.0291. The van der Waals surface area contributed by atoms with Gasteiger partial charge in [-0.15, -0.1) is 0 Å². The van der Waals surface area contributed by atoms with Gasteiger partial charge in [-0.2, -0.15) is 24.4 Å². The Morgan fingerprint density at radius 2 is 1.54 bits per heavy atom. The van der Waals surface area contributed by atoms with Crippen LogP contribution in [0.1, 0.15) is 91.9 Å². The van der Waals surface area contributed by atoms with Crippen molar-refractivity contribution < 1.29 is 48.4 Å². The van der Waals surface area contributed by atoms with E-state index in [0.29, 0.717) is 43.9 Å². The number of unbranched alkanes of at least 4 members (excludes halogenated alkanes) is 2.